The molecule has 2 aromatic heterocycles. The predicted molar refractivity (Wildman–Crippen MR) is 76.5 cm³/mol. The minimum Gasteiger partial charge on any atom is -0.494 e. The summed E-state index contributed by atoms with van der Waals surface area (Å²) in [7, 11) is 0. The lowest BCUT2D eigenvalue weighted by Gasteiger charge is -2.05. The van der Waals surface area contributed by atoms with Crippen LogP contribution in [0.2, 0.25) is 0 Å². The van der Waals surface area contributed by atoms with Crippen LogP contribution < -0.4 is 4.74 Å². The SMILES string of the molecule is CCOc1cccc(Cc2c[nH]c3ncccc23)c1. The molecule has 0 aliphatic rings. The molecule has 3 heteroatoms. The van der Waals surface area contributed by atoms with Crippen molar-refractivity contribution in [1.29, 1.82) is 0 Å². The average molecular weight is 252 g/mol. The first-order valence-corrected chi connectivity index (χ1v) is 6.49. The highest BCUT2D eigenvalue weighted by Crippen LogP contribution is 2.21. The van der Waals surface area contributed by atoms with Crippen molar-refractivity contribution in [3.05, 3.63) is 59.9 Å². The van der Waals surface area contributed by atoms with Gasteiger partial charge < -0.3 is 9.72 Å². The standard InChI is InChI=1S/C16H16N2O/c1-2-19-14-6-3-5-12(10-14)9-13-11-18-16-15(13)7-4-8-17-16/h3-8,10-11H,2,9H2,1H3,(H,17,18). The Morgan fingerprint density at radius 1 is 1.21 bits per heavy atom. The summed E-state index contributed by atoms with van der Waals surface area (Å²) in [5.74, 6) is 0.929. The number of nitrogens with one attached hydrogen (secondary N) is 1. The van der Waals surface area contributed by atoms with E-state index in [1.54, 1.807) is 6.20 Å². The van der Waals surface area contributed by atoms with Gasteiger partial charge >= 0.3 is 0 Å². The van der Waals surface area contributed by atoms with Crippen molar-refractivity contribution >= 4 is 11.0 Å². The van der Waals surface area contributed by atoms with Crippen LogP contribution in [0.5, 0.6) is 5.75 Å². The monoisotopic (exact) mass is 252 g/mol. The molecule has 0 bridgehead atoms. The average Bonchev–Trinajstić information content (AvgIpc) is 2.83. The summed E-state index contributed by atoms with van der Waals surface area (Å²) in [6.45, 7) is 2.69. The van der Waals surface area contributed by atoms with Gasteiger partial charge in [0.15, 0.2) is 0 Å². The van der Waals surface area contributed by atoms with E-state index in [9.17, 15) is 0 Å². The lowest BCUT2D eigenvalue weighted by molar-refractivity contribution is 0.340. The predicted octanol–water partition coefficient (Wildman–Crippen LogP) is 3.55. The number of aromatic amines is 1. The van der Waals surface area contributed by atoms with Gasteiger partial charge in [-0.25, -0.2) is 4.98 Å². The molecule has 3 rings (SSSR count). The van der Waals surface area contributed by atoms with Gasteiger partial charge in [0.25, 0.3) is 0 Å². The summed E-state index contributed by atoms with van der Waals surface area (Å²) in [4.78, 5) is 7.52. The Bertz CT molecular complexity index is 688. The highest BCUT2D eigenvalue weighted by molar-refractivity contribution is 5.79. The first-order chi connectivity index (χ1) is 9.36. The highest BCUT2D eigenvalue weighted by Gasteiger charge is 2.05. The lowest BCUT2D eigenvalue weighted by atomic mass is 10.1. The van der Waals surface area contributed by atoms with Gasteiger partial charge in [-0.15, -0.1) is 0 Å². The van der Waals surface area contributed by atoms with Crippen LogP contribution in [0, 0.1) is 0 Å². The second-order valence-electron chi connectivity index (χ2n) is 4.47. The Morgan fingerprint density at radius 2 is 2.16 bits per heavy atom. The third-order valence-corrected chi connectivity index (χ3v) is 3.14. The second-order valence-corrected chi connectivity index (χ2v) is 4.47. The molecule has 0 fully saturated rings. The van der Waals surface area contributed by atoms with Crippen molar-refractivity contribution in [3.8, 4) is 5.75 Å². The summed E-state index contributed by atoms with van der Waals surface area (Å²) >= 11 is 0. The summed E-state index contributed by atoms with van der Waals surface area (Å²) < 4.78 is 5.53. The van der Waals surface area contributed by atoms with Gasteiger partial charge in [0.05, 0.1) is 6.61 Å². The number of fused-ring (bicyclic) bond motifs is 1. The van der Waals surface area contributed by atoms with Crippen LogP contribution in [0.1, 0.15) is 18.1 Å². The van der Waals surface area contributed by atoms with Crippen molar-refractivity contribution in [2.45, 2.75) is 13.3 Å². The van der Waals surface area contributed by atoms with Crippen LogP contribution in [0.25, 0.3) is 11.0 Å². The minimum absolute atomic E-state index is 0.695. The van der Waals surface area contributed by atoms with Crippen LogP contribution in [0.4, 0.5) is 0 Å². The van der Waals surface area contributed by atoms with Gasteiger partial charge in [0, 0.05) is 17.8 Å². The first kappa shape index (κ1) is 11.8. The van der Waals surface area contributed by atoms with Crippen molar-refractivity contribution in [1.82, 2.24) is 9.97 Å². The maximum absolute atomic E-state index is 5.53. The second kappa shape index (κ2) is 5.14. The molecule has 3 aromatic rings. The number of benzene rings is 1. The molecule has 0 amide bonds. The summed E-state index contributed by atoms with van der Waals surface area (Å²) in [5, 5.41) is 1.18. The fourth-order valence-electron chi connectivity index (χ4n) is 2.29. The van der Waals surface area contributed by atoms with Crippen LogP contribution in [-0.2, 0) is 6.42 Å². The fraction of sp³-hybridized carbons (Fsp3) is 0.188. The molecule has 0 unspecified atom stereocenters. The van der Waals surface area contributed by atoms with Crippen LogP contribution in [-0.4, -0.2) is 16.6 Å². The smallest absolute Gasteiger partial charge is 0.137 e. The third kappa shape index (κ3) is 2.45. The fourth-order valence-corrected chi connectivity index (χ4v) is 2.29. The maximum Gasteiger partial charge on any atom is 0.137 e. The number of rotatable bonds is 4. The molecule has 19 heavy (non-hydrogen) atoms. The van der Waals surface area contributed by atoms with Crippen LogP contribution >= 0.6 is 0 Å². The van der Waals surface area contributed by atoms with Gasteiger partial charge in [-0.3, -0.25) is 0 Å². The zero-order chi connectivity index (χ0) is 13.1. The molecule has 2 heterocycles. The number of nitrogens with zero attached hydrogens (tertiary/aromatic N) is 1. The van der Waals surface area contributed by atoms with E-state index in [1.807, 2.05) is 31.3 Å². The van der Waals surface area contributed by atoms with Gasteiger partial charge in [-0.1, -0.05) is 12.1 Å². The van der Waals surface area contributed by atoms with E-state index in [4.69, 9.17) is 4.74 Å². The summed E-state index contributed by atoms with van der Waals surface area (Å²) in [5.41, 5.74) is 3.45. The van der Waals surface area contributed by atoms with E-state index in [0.717, 1.165) is 17.8 Å². The molecule has 0 spiro atoms. The minimum atomic E-state index is 0.695. The van der Waals surface area contributed by atoms with E-state index in [-0.39, 0.29) is 0 Å². The molecular weight excluding hydrogens is 236 g/mol. The van der Waals surface area contributed by atoms with Gasteiger partial charge in [-0.2, -0.15) is 0 Å². The maximum atomic E-state index is 5.53. The molecule has 1 aromatic carbocycles. The third-order valence-electron chi connectivity index (χ3n) is 3.14. The van der Waals surface area contributed by atoms with Crippen molar-refractivity contribution < 1.29 is 4.74 Å². The normalized spacial score (nSPS) is 10.8. The number of H-pyrrole nitrogens is 1. The van der Waals surface area contributed by atoms with Crippen molar-refractivity contribution in [2.75, 3.05) is 6.61 Å². The van der Waals surface area contributed by atoms with Crippen molar-refractivity contribution in [3.63, 3.8) is 0 Å². The molecule has 0 saturated heterocycles. The van der Waals surface area contributed by atoms with Gasteiger partial charge in [0.1, 0.15) is 11.4 Å². The lowest BCUT2D eigenvalue weighted by Crippen LogP contribution is -1.93. The Balaban J connectivity index is 1.90. The molecule has 0 saturated carbocycles. The molecule has 3 nitrogen and oxygen atoms in total. The molecule has 0 atom stereocenters. The van der Waals surface area contributed by atoms with E-state index in [0.29, 0.717) is 6.61 Å². The largest absolute Gasteiger partial charge is 0.494 e. The Morgan fingerprint density at radius 3 is 3.05 bits per heavy atom. The quantitative estimate of drug-likeness (QED) is 0.771. The van der Waals surface area contributed by atoms with E-state index < -0.39 is 0 Å². The number of aromatic nitrogens is 2. The molecule has 96 valence electrons. The molecule has 0 radical (unpaired) electrons. The number of pyridine rings is 1. The Kier molecular flexibility index (Phi) is 3.19. The molecule has 0 aliphatic heterocycles. The number of hydrogen-bond acceptors (Lipinski definition) is 2. The zero-order valence-electron chi connectivity index (χ0n) is 10.9. The van der Waals surface area contributed by atoms with E-state index in [2.05, 4.69) is 28.2 Å². The van der Waals surface area contributed by atoms with Crippen molar-refractivity contribution in [2.24, 2.45) is 0 Å². The molecular formula is C16H16N2O. The number of hydrogen-bond donors (Lipinski definition) is 1. The Hall–Kier alpha value is -2.29. The first-order valence-electron chi connectivity index (χ1n) is 6.49. The highest BCUT2D eigenvalue weighted by atomic mass is 16.5. The van der Waals surface area contributed by atoms with E-state index in [1.165, 1.54) is 16.5 Å². The van der Waals surface area contributed by atoms with Crippen LogP contribution in [0.3, 0.4) is 0 Å². The topological polar surface area (TPSA) is 37.9 Å². The zero-order valence-corrected chi connectivity index (χ0v) is 10.9. The Labute approximate surface area is 112 Å². The van der Waals surface area contributed by atoms with E-state index >= 15 is 0 Å². The van der Waals surface area contributed by atoms with Gasteiger partial charge in [-0.05, 0) is 48.7 Å². The molecule has 0 aliphatic carbocycles. The number of ether oxygens (including phenoxy) is 1. The molecule has 1 N–H and O–H groups in total. The summed E-state index contributed by atoms with van der Waals surface area (Å²) in [6.07, 6.45) is 4.72. The summed E-state index contributed by atoms with van der Waals surface area (Å²) in [6, 6.07) is 12.3. The van der Waals surface area contributed by atoms with Gasteiger partial charge in [0.2, 0.25) is 0 Å². The van der Waals surface area contributed by atoms with Crippen LogP contribution in [0.15, 0.2) is 48.8 Å².